The van der Waals surface area contributed by atoms with Crippen LogP contribution in [0.4, 0.5) is 0 Å². The molecule has 0 amide bonds. The molecule has 1 heterocycles. The van der Waals surface area contributed by atoms with Crippen LogP contribution in [0.2, 0.25) is 0 Å². The van der Waals surface area contributed by atoms with Gasteiger partial charge in [0, 0.05) is 7.11 Å². The molecule has 1 rings (SSSR count). The molecule has 0 spiro atoms. The van der Waals surface area contributed by atoms with Crippen molar-refractivity contribution in [2.45, 2.75) is 19.2 Å². The zero-order valence-electron chi connectivity index (χ0n) is 10.2. The van der Waals surface area contributed by atoms with Gasteiger partial charge in [0.15, 0.2) is 9.84 Å². The van der Waals surface area contributed by atoms with Crippen LogP contribution >= 0.6 is 0 Å². The van der Waals surface area contributed by atoms with Crippen molar-refractivity contribution in [3.05, 3.63) is 23.7 Å². The lowest BCUT2D eigenvalue weighted by Gasteiger charge is -2.01. The number of methoxy groups -OCH3 is 1. The summed E-state index contributed by atoms with van der Waals surface area (Å²) in [5, 5.41) is 3.11. The molecule has 5 nitrogen and oxygen atoms in total. The topological polar surface area (TPSA) is 68.5 Å². The Bertz CT molecular complexity index is 424. The summed E-state index contributed by atoms with van der Waals surface area (Å²) in [7, 11) is -1.66. The molecule has 0 fully saturated rings. The summed E-state index contributed by atoms with van der Waals surface area (Å²) >= 11 is 0. The Hall–Kier alpha value is -0.850. The molecule has 1 aromatic heterocycles. The summed E-state index contributed by atoms with van der Waals surface area (Å²) in [5.41, 5.74) is 0. The fourth-order valence-corrected chi connectivity index (χ4v) is 2.50. The number of ether oxygens (including phenoxy) is 1. The van der Waals surface area contributed by atoms with Crippen LogP contribution < -0.4 is 5.32 Å². The second kappa shape index (κ2) is 6.78. The third-order valence-electron chi connectivity index (χ3n) is 2.23. The van der Waals surface area contributed by atoms with Crippen LogP contribution in [0.25, 0.3) is 0 Å². The van der Waals surface area contributed by atoms with Gasteiger partial charge in [-0.2, -0.15) is 0 Å². The summed E-state index contributed by atoms with van der Waals surface area (Å²) in [4.78, 5) is 0. The normalized spacial score (nSPS) is 11.9. The predicted molar refractivity (Wildman–Crippen MR) is 65.5 cm³/mol. The predicted octanol–water partition coefficient (Wildman–Crippen LogP) is 0.950. The van der Waals surface area contributed by atoms with Crippen LogP contribution in [0, 0.1) is 0 Å². The summed E-state index contributed by atoms with van der Waals surface area (Å²) in [5.74, 6) is 1.19. The maximum Gasteiger partial charge on any atom is 0.159 e. The molecule has 98 valence electrons. The van der Waals surface area contributed by atoms with E-state index in [0.717, 1.165) is 12.3 Å². The van der Waals surface area contributed by atoms with E-state index in [1.807, 2.05) is 6.92 Å². The molecule has 0 atom stereocenters. The van der Waals surface area contributed by atoms with Crippen molar-refractivity contribution in [3.63, 3.8) is 0 Å². The van der Waals surface area contributed by atoms with E-state index in [1.54, 1.807) is 12.1 Å². The third kappa shape index (κ3) is 5.34. The first-order valence-electron chi connectivity index (χ1n) is 5.55. The van der Waals surface area contributed by atoms with Gasteiger partial charge in [-0.15, -0.1) is 0 Å². The van der Waals surface area contributed by atoms with E-state index in [2.05, 4.69) is 5.32 Å². The fraction of sp³-hybridized carbons (Fsp3) is 0.636. The molecule has 17 heavy (non-hydrogen) atoms. The lowest BCUT2D eigenvalue weighted by atomic mass is 10.4. The quantitative estimate of drug-likeness (QED) is 0.754. The average Bonchev–Trinajstić information content (AvgIpc) is 2.70. The van der Waals surface area contributed by atoms with Crippen molar-refractivity contribution >= 4 is 9.84 Å². The fourth-order valence-electron chi connectivity index (χ4n) is 1.34. The molecule has 0 aliphatic carbocycles. The maximum atomic E-state index is 11.6. The minimum Gasteiger partial charge on any atom is -0.464 e. The summed E-state index contributed by atoms with van der Waals surface area (Å²) in [6, 6.07) is 3.50. The number of sulfone groups is 1. The van der Waals surface area contributed by atoms with Crippen LogP contribution in [0.3, 0.4) is 0 Å². The first-order chi connectivity index (χ1) is 8.07. The zero-order valence-corrected chi connectivity index (χ0v) is 11.0. The van der Waals surface area contributed by atoms with Gasteiger partial charge in [-0.1, -0.05) is 6.92 Å². The van der Waals surface area contributed by atoms with Crippen LogP contribution in [0.5, 0.6) is 0 Å². The third-order valence-corrected chi connectivity index (χ3v) is 3.74. The lowest BCUT2D eigenvalue weighted by Crippen LogP contribution is -2.13. The Labute approximate surface area is 102 Å². The number of nitrogens with one attached hydrogen (secondary N) is 1. The Kier molecular flexibility index (Phi) is 5.67. The van der Waals surface area contributed by atoms with Gasteiger partial charge in [0.25, 0.3) is 0 Å². The standard InChI is InChI=1S/C11H19NO4S/c1-3-12-8-10-4-5-11(16-10)9-17(13,14)7-6-15-2/h4-5,12H,3,6-9H2,1-2H3. The van der Waals surface area contributed by atoms with Gasteiger partial charge >= 0.3 is 0 Å². The molecular weight excluding hydrogens is 242 g/mol. The molecule has 6 heteroatoms. The minimum atomic E-state index is -3.14. The molecule has 0 aliphatic rings. The van der Waals surface area contributed by atoms with Crippen molar-refractivity contribution < 1.29 is 17.6 Å². The van der Waals surface area contributed by atoms with Crippen LogP contribution in [0.1, 0.15) is 18.4 Å². The molecule has 1 N–H and O–H groups in total. The maximum absolute atomic E-state index is 11.6. The Morgan fingerprint density at radius 1 is 1.35 bits per heavy atom. The molecule has 0 saturated carbocycles. The molecule has 0 saturated heterocycles. The van der Waals surface area contributed by atoms with E-state index in [4.69, 9.17) is 9.15 Å². The smallest absolute Gasteiger partial charge is 0.159 e. The summed E-state index contributed by atoms with van der Waals surface area (Å²) < 4.78 is 33.4. The van der Waals surface area contributed by atoms with E-state index in [1.165, 1.54) is 7.11 Å². The first-order valence-corrected chi connectivity index (χ1v) is 7.37. The minimum absolute atomic E-state index is 0.0206. The van der Waals surface area contributed by atoms with Gasteiger partial charge in [0.1, 0.15) is 17.3 Å². The highest BCUT2D eigenvalue weighted by Gasteiger charge is 2.14. The molecule has 0 aromatic carbocycles. The van der Waals surface area contributed by atoms with Gasteiger partial charge in [-0.25, -0.2) is 8.42 Å². The highest BCUT2D eigenvalue weighted by atomic mass is 32.2. The number of rotatable bonds is 8. The molecule has 0 aliphatic heterocycles. The molecule has 0 bridgehead atoms. The Balaban J connectivity index is 2.53. The van der Waals surface area contributed by atoms with Crippen molar-refractivity contribution in [2.75, 3.05) is 26.0 Å². The first kappa shape index (κ1) is 14.2. The SMILES string of the molecule is CCNCc1ccc(CS(=O)(=O)CCOC)o1. The largest absolute Gasteiger partial charge is 0.464 e. The Morgan fingerprint density at radius 2 is 2.06 bits per heavy atom. The highest BCUT2D eigenvalue weighted by molar-refractivity contribution is 7.90. The lowest BCUT2D eigenvalue weighted by molar-refractivity contribution is 0.217. The zero-order chi connectivity index (χ0) is 12.7. The Morgan fingerprint density at radius 3 is 2.71 bits per heavy atom. The summed E-state index contributed by atoms with van der Waals surface area (Å²) in [6.45, 7) is 3.68. The van der Waals surface area contributed by atoms with E-state index in [9.17, 15) is 8.42 Å². The van der Waals surface area contributed by atoms with Crippen molar-refractivity contribution in [3.8, 4) is 0 Å². The van der Waals surface area contributed by atoms with Crippen LogP contribution in [-0.4, -0.2) is 34.4 Å². The number of furan rings is 1. The number of hydrogen-bond donors (Lipinski definition) is 1. The van der Waals surface area contributed by atoms with Crippen molar-refractivity contribution in [2.24, 2.45) is 0 Å². The molecule has 1 aromatic rings. The monoisotopic (exact) mass is 261 g/mol. The van der Waals surface area contributed by atoms with Gasteiger partial charge in [-0.05, 0) is 18.7 Å². The van der Waals surface area contributed by atoms with Crippen LogP contribution in [-0.2, 0) is 26.9 Å². The van der Waals surface area contributed by atoms with Gasteiger partial charge < -0.3 is 14.5 Å². The van der Waals surface area contributed by atoms with Crippen LogP contribution in [0.15, 0.2) is 16.5 Å². The second-order valence-electron chi connectivity index (χ2n) is 3.73. The molecule has 0 unspecified atom stereocenters. The average molecular weight is 261 g/mol. The van der Waals surface area contributed by atoms with Gasteiger partial charge in [-0.3, -0.25) is 0 Å². The van der Waals surface area contributed by atoms with E-state index in [0.29, 0.717) is 12.3 Å². The van der Waals surface area contributed by atoms with Crippen molar-refractivity contribution in [1.82, 2.24) is 5.32 Å². The van der Waals surface area contributed by atoms with E-state index < -0.39 is 9.84 Å². The second-order valence-corrected chi connectivity index (χ2v) is 5.92. The molecule has 0 radical (unpaired) electrons. The highest BCUT2D eigenvalue weighted by Crippen LogP contribution is 2.11. The van der Waals surface area contributed by atoms with E-state index >= 15 is 0 Å². The molecular formula is C11H19NO4S. The summed E-state index contributed by atoms with van der Waals surface area (Å²) in [6.07, 6.45) is 0. The van der Waals surface area contributed by atoms with E-state index in [-0.39, 0.29) is 18.1 Å². The van der Waals surface area contributed by atoms with Gasteiger partial charge in [0.2, 0.25) is 0 Å². The van der Waals surface area contributed by atoms with Crippen molar-refractivity contribution in [1.29, 1.82) is 0 Å². The number of hydrogen-bond acceptors (Lipinski definition) is 5. The van der Waals surface area contributed by atoms with Gasteiger partial charge in [0.05, 0.1) is 18.9 Å².